The number of ether oxygens (including phenoxy) is 1. The van der Waals surface area contributed by atoms with Crippen LogP contribution in [0.1, 0.15) is 44.0 Å². The standard InChI is InChI=1S/C15H15NO.C5H10O2/c17-15(14-6-3-9-16-14)13-8-7-11-4-1-2-5-12(11)10-13;1-5(2,3)7-4-6/h1-2,4-5,7-8,10,14,16H,3,6,9H2;4H,1-3H3/t14-;/m1./s1. The SMILES string of the molecule is CC(C)(C)OC=O.O=C(c1ccc2ccccc2c1)[C@H]1CCCN1. The minimum atomic E-state index is -0.318. The van der Waals surface area contributed by atoms with Crippen molar-refractivity contribution in [3.05, 3.63) is 48.0 Å². The zero-order chi connectivity index (χ0) is 17.6. The van der Waals surface area contributed by atoms with Gasteiger partial charge in [-0.1, -0.05) is 36.4 Å². The second-order valence-electron chi connectivity index (χ2n) is 6.90. The molecule has 2 aromatic carbocycles. The van der Waals surface area contributed by atoms with Gasteiger partial charge in [-0.25, -0.2) is 0 Å². The van der Waals surface area contributed by atoms with Gasteiger partial charge in [0.15, 0.2) is 5.78 Å². The molecule has 0 unspecified atom stereocenters. The van der Waals surface area contributed by atoms with Gasteiger partial charge >= 0.3 is 0 Å². The summed E-state index contributed by atoms with van der Waals surface area (Å²) in [6.07, 6.45) is 2.07. The lowest BCUT2D eigenvalue weighted by molar-refractivity contribution is -0.138. The van der Waals surface area contributed by atoms with Crippen LogP contribution in [0.25, 0.3) is 10.8 Å². The summed E-state index contributed by atoms with van der Waals surface area (Å²) in [4.78, 5) is 21.8. The Labute approximate surface area is 143 Å². The van der Waals surface area contributed by atoms with Crippen LogP contribution < -0.4 is 5.32 Å². The van der Waals surface area contributed by atoms with Crippen LogP contribution in [0.5, 0.6) is 0 Å². The molecule has 24 heavy (non-hydrogen) atoms. The van der Waals surface area contributed by atoms with Crippen LogP contribution in [0, 0.1) is 0 Å². The monoisotopic (exact) mass is 327 g/mol. The van der Waals surface area contributed by atoms with Crippen molar-refractivity contribution in [1.82, 2.24) is 5.32 Å². The summed E-state index contributed by atoms with van der Waals surface area (Å²) < 4.78 is 4.55. The number of fused-ring (bicyclic) bond motifs is 1. The maximum atomic E-state index is 12.2. The molecule has 4 nitrogen and oxygen atoms in total. The minimum absolute atomic E-state index is 0.0242. The Morgan fingerprint density at radius 3 is 2.42 bits per heavy atom. The molecule has 1 aliphatic rings. The van der Waals surface area contributed by atoms with Crippen molar-refractivity contribution >= 4 is 23.0 Å². The van der Waals surface area contributed by atoms with Crippen LogP contribution in [-0.4, -0.2) is 30.4 Å². The number of carbonyl (C=O) groups excluding carboxylic acids is 2. The molecule has 0 aromatic heterocycles. The Bertz CT molecular complexity index is 697. The molecule has 1 fully saturated rings. The van der Waals surface area contributed by atoms with Crippen LogP contribution >= 0.6 is 0 Å². The number of hydrogen-bond donors (Lipinski definition) is 1. The van der Waals surface area contributed by atoms with Crippen molar-refractivity contribution in [3.63, 3.8) is 0 Å². The molecule has 0 radical (unpaired) electrons. The van der Waals surface area contributed by atoms with E-state index in [1.807, 2.05) is 57.2 Å². The smallest absolute Gasteiger partial charge is 0.293 e. The summed E-state index contributed by atoms with van der Waals surface area (Å²) in [6, 6.07) is 14.1. The Kier molecular flexibility index (Phi) is 6.10. The Morgan fingerprint density at radius 2 is 1.88 bits per heavy atom. The van der Waals surface area contributed by atoms with Crippen molar-refractivity contribution in [2.75, 3.05) is 6.54 Å². The second-order valence-corrected chi connectivity index (χ2v) is 6.90. The molecule has 0 spiro atoms. The first-order valence-corrected chi connectivity index (χ1v) is 8.28. The number of benzene rings is 2. The van der Waals surface area contributed by atoms with E-state index in [0.717, 1.165) is 30.3 Å². The van der Waals surface area contributed by atoms with Crippen LogP contribution in [0.15, 0.2) is 42.5 Å². The van der Waals surface area contributed by atoms with Crippen molar-refractivity contribution in [1.29, 1.82) is 0 Å². The normalized spacial score (nSPS) is 17.0. The lowest BCUT2D eigenvalue weighted by Crippen LogP contribution is -2.30. The highest BCUT2D eigenvalue weighted by Crippen LogP contribution is 2.18. The summed E-state index contributed by atoms with van der Waals surface area (Å²) in [6.45, 7) is 6.88. The topological polar surface area (TPSA) is 55.4 Å². The van der Waals surface area contributed by atoms with Crippen molar-refractivity contribution in [3.8, 4) is 0 Å². The summed E-state index contributed by atoms with van der Waals surface area (Å²) in [7, 11) is 0. The van der Waals surface area contributed by atoms with E-state index in [-0.39, 0.29) is 17.4 Å². The highest BCUT2D eigenvalue weighted by molar-refractivity contribution is 6.03. The molecule has 1 atom stereocenters. The van der Waals surface area contributed by atoms with E-state index in [4.69, 9.17) is 0 Å². The van der Waals surface area contributed by atoms with Gasteiger partial charge in [-0.05, 0) is 57.0 Å². The van der Waals surface area contributed by atoms with E-state index >= 15 is 0 Å². The molecule has 0 saturated carbocycles. The van der Waals surface area contributed by atoms with Gasteiger partial charge in [0.05, 0.1) is 6.04 Å². The first-order chi connectivity index (χ1) is 11.4. The average molecular weight is 327 g/mol. The fraction of sp³-hybridized carbons (Fsp3) is 0.400. The molecular weight excluding hydrogens is 302 g/mol. The molecule has 1 aliphatic heterocycles. The van der Waals surface area contributed by atoms with Gasteiger partial charge in [-0.2, -0.15) is 0 Å². The predicted molar refractivity (Wildman–Crippen MR) is 96.2 cm³/mol. The number of hydrogen-bond acceptors (Lipinski definition) is 4. The Morgan fingerprint density at radius 1 is 1.17 bits per heavy atom. The van der Waals surface area contributed by atoms with Gasteiger partial charge in [-0.15, -0.1) is 0 Å². The molecule has 0 bridgehead atoms. The molecule has 0 aliphatic carbocycles. The largest absolute Gasteiger partial charge is 0.462 e. The molecule has 1 heterocycles. The second kappa shape index (κ2) is 8.06. The zero-order valence-corrected chi connectivity index (χ0v) is 14.5. The number of ketones is 1. The van der Waals surface area contributed by atoms with Crippen molar-refractivity contribution in [2.45, 2.75) is 45.3 Å². The summed E-state index contributed by atoms with van der Waals surface area (Å²) in [5.74, 6) is 0.230. The minimum Gasteiger partial charge on any atom is -0.462 e. The zero-order valence-electron chi connectivity index (χ0n) is 14.5. The summed E-state index contributed by atoms with van der Waals surface area (Å²) >= 11 is 0. The van der Waals surface area contributed by atoms with Gasteiger partial charge in [0.2, 0.25) is 0 Å². The van der Waals surface area contributed by atoms with Gasteiger partial charge in [-0.3, -0.25) is 9.59 Å². The lowest BCUT2D eigenvalue weighted by atomic mass is 10.00. The van der Waals surface area contributed by atoms with E-state index in [2.05, 4.69) is 16.1 Å². The fourth-order valence-electron chi connectivity index (χ4n) is 2.60. The molecule has 128 valence electrons. The maximum Gasteiger partial charge on any atom is 0.293 e. The Hall–Kier alpha value is -2.20. The molecule has 1 saturated heterocycles. The fourth-order valence-corrected chi connectivity index (χ4v) is 2.60. The third-order valence-electron chi connectivity index (χ3n) is 3.81. The summed E-state index contributed by atoms with van der Waals surface area (Å²) in [5.41, 5.74) is 0.505. The summed E-state index contributed by atoms with van der Waals surface area (Å²) in [5, 5.41) is 5.57. The van der Waals surface area contributed by atoms with E-state index in [9.17, 15) is 9.59 Å². The first-order valence-electron chi connectivity index (χ1n) is 8.28. The highest BCUT2D eigenvalue weighted by Gasteiger charge is 2.23. The molecule has 2 aromatic rings. The number of carbonyl (C=O) groups is 2. The van der Waals surface area contributed by atoms with E-state index < -0.39 is 0 Å². The molecule has 4 heteroatoms. The third-order valence-corrected chi connectivity index (χ3v) is 3.81. The van der Waals surface area contributed by atoms with Crippen molar-refractivity contribution < 1.29 is 14.3 Å². The van der Waals surface area contributed by atoms with Crippen LogP contribution in [-0.2, 0) is 9.53 Å². The third kappa shape index (κ3) is 5.17. The lowest BCUT2D eigenvalue weighted by Gasteiger charge is -2.14. The maximum absolute atomic E-state index is 12.2. The van der Waals surface area contributed by atoms with E-state index in [1.165, 1.54) is 5.39 Å². The quantitative estimate of drug-likeness (QED) is 0.689. The molecule has 0 amide bonds. The first kappa shape index (κ1) is 18.1. The van der Waals surface area contributed by atoms with Crippen LogP contribution in [0.3, 0.4) is 0 Å². The average Bonchev–Trinajstić information content (AvgIpc) is 3.07. The molecule has 3 rings (SSSR count). The number of Topliss-reactive ketones (excluding diaryl/α,β-unsaturated/α-hetero) is 1. The Balaban J connectivity index is 0.000000256. The molecular formula is C20H25NO3. The number of rotatable bonds is 3. The van der Waals surface area contributed by atoms with Crippen molar-refractivity contribution in [2.24, 2.45) is 0 Å². The van der Waals surface area contributed by atoms with E-state index in [0.29, 0.717) is 6.47 Å². The predicted octanol–water partition coefficient (Wildman–Crippen LogP) is 3.73. The number of nitrogens with one attached hydrogen (secondary N) is 1. The van der Waals surface area contributed by atoms with Gasteiger partial charge < -0.3 is 10.1 Å². The highest BCUT2D eigenvalue weighted by atomic mass is 16.5. The molecule has 1 N–H and O–H groups in total. The van der Waals surface area contributed by atoms with Crippen LogP contribution in [0.4, 0.5) is 0 Å². The van der Waals surface area contributed by atoms with Gasteiger partial charge in [0.1, 0.15) is 5.60 Å². The van der Waals surface area contributed by atoms with E-state index in [1.54, 1.807) is 0 Å². The van der Waals surface area contributed by atoms with Crippen LogP contribution in [0.2, 0.25) is 0 Å². The van der Waals surface area contributed by atoms with Gasteiger partial charge in [0, 0.05) is 5.56 Å². The van der Waals surface area contributed by atoms with Gasteiger partial charge in [0.25, 0.3) is 6.47 Å².